The Morgan fingerprint density at radius 1 is 1.38 bits per heavy atom. The van der Waals surface area contributed by atoms with E-state index in [1.165, 1.54) is 25.1 Å². The Hall–Kier alpha value is -1.04. The van der Waals surface area contributed by atoms with Gasteiger partial charge in [0.15, 0.2) is 0 Å². The molecule has 1 amide bonds. The standard InChI is InChI=1S/C10H9BrF3NO/c1-6(11)9(16)15-8-5-3-2-4-7(8)10(12,13)14/h2-6H,1H3,(H,15,16)/t6-/m1/s1. The summed E-state index contributed by atoms with van der Waals surface area (Å²) in [7, 11) is 0. The molecule has 0 saturated heterocycles. The van der Waals surface area contributed by atoms with E-state index in [9.17, 15) is 18.0 Å². The van der Waals surface area contributed by atoms with Gasteiger partial charge >= 0.3 is 6.18 Å². The molecule has 1 atom stereocenters. The smallest absolute Gasteiger partial charge is 0.325 e. The van der Waals surface area contributed by atoms with Crippen LogP contribution in [-0.4, -0.2) is 10.7 Å². The summed E-state index contributed by atoms with van der Waals surface area (Å²) in [6, 6.07) is 4.85. The Labute approximate surface area is 99.0 Å². The second-order valence-electron chi connectivity index (χ2n) is 3.15. The van der Waals surface area contributed by atoms with E-state index in [-0.39, 0.29) is 5.69 Å². The molecule has 0 aliphatic rings. The highest BCUT2D eigenvalue weighted by molar-refractivity contribution is 9.10. The maximum Gasteiger partial charge on any atom is 0.418 e. The molecule has 88 valence electrons. The van der Waals surface area contributed by atoms with E-state index < -0.39 is 22.5 Å². The van der Waals surface area contributed by atoms with Crippen LogP contribution < -0.4 is 5.32 Å². The van der Waals surface area contributed by atoms with Gasteiger partial charge in [-0.2, -0.15) is 13.2 Å². The van der Waals surface area contributed by atoms with Crippen molar-refractivity contribution in [2.45, 2.75) is 17.9 Å². The number of rotatable bonds is 2. The summed E-state index contributed by atoms with van der Waals surface area (Å²) in [5.74, 6) is -0.517. The molecule has 0 bridgehead atoms. The van der Waals surface area contributed by atoms with Crippen molar-refractivity contribution < 1.29 is 18.0 Å². The molecule has 1 aromatic rings. The van der Waals surface area contributed by atoms with Crippen LogP contribution in [0.4, 0.5) is 18.9 Å². The van der Waals surface area contributed by atoms with Crippen molar-refractivity contribution in [1.29, 1.82) is 0 Å². The van der Waals surface area contributed by atoms with Gasteiger partial charge in [0, 0.05) is 0 Å². The Bertz CT molecular complexity index is 390. The number of carbonyl (C=O) groups excluding carboxylic acids is 1. The highest BCUT2D eigenvalue weighted by Gasteiger charge is 2.33. The average molecular weight is 296 g/mol. The van der Waals surface area contributed by atoms with Crippen molar-refractivity contribution >= 4 is 27.5 Å². The molecule has 16 heavy (non-hydrogen) atoms. The first-order valence-corrected chi connectivity index (χ1v) is 5.35. The Kier molecular flexibility index (Phi) is 3.96. The third-order valence-corrected chi connectivity index (χ3v) is 2.27. The summed E-state index contributed by atoms with van der Waals surface area (Å²) in [5.41, 5.74) is -1.08. The first-order chi connectivity index (χ1) is 7.32. The maximum absolute atomic E-state index is 12.5. The van der Waals surface area contributed by atoms with Gasteiger partial charge < -0.3 is 5.32 Å². The van der Waals surface area contributed by atoms with Gasteiger partial charge in [0.2, 0.25) is 5.91 Å². The summed E-state index contributed by atoms with van der Waals surface area (Å²) in [6.45, 7) is 1.53. The van der Waals surface area contributed by atoms with Gasteiger partial charge in [-0.25, -0.2) is 0 Å². The minimum Gasteiger partial charge on any atom is -0.325 e. The molecule has 0 spiro atoms. The maximum atomic E-state index is 12.5. The third-order valence-electron chi connectivity index (χ3n) is 1.85. The van der Waals surface area contributed by atoms with Crippen molar-refractivity contribution in [1.82, 2.24) is 0 Å². The second kappa shape index (κ2) is 4.86. The second-order valence-corrected chi connectivity index (χ2v) is 4.52. The zero-order valence-corrected chi connectivity index (χ0v) is 9.89. The molecule has 0 aliphatic heterocycles. The fourth-order valence-corrected chi connectivity index (χ4v) is 1.19. The Morgan fingerprint density at radius 2 is 1.94 bits per heavy atom. The zero-order valence-electron chi connectivity index (χ0n) is 8.31. The molecular formula is C10H9BrF3NO. The fourth-order valence-electron chi connectivity index (χ4n) is 1.07. The molecule has 6 heteroatoms. The van der Waals surface area contributed by atoms with Crippen LogP contribution in [0.15, 0.2) is 24.3 Å². The SMILES string of the molecule is C[C@@H](Br)C(=O)Nc1ccccc1C(F)(F)F. The molecule has 1 aromatic carbocycles. The number of halogens is 4. The van der Waals surface area contributed by atoms with Crippen LogP contribution in [-0.2, 0) is 11.0 Å². The van der Waals surface area contributed by atoms with Gasteiger partial charge in [-0.05, 0) is 19.1 Å². The minimum absolute atomic E-state index is 0.230. The monoisotopic (exact) mass is 295 g/mol. The van der Waals surface area contributed by atoms with Gasteiger partial charge in [-0.3, -0.25) is 4.79 Å². The molecule has 0 fully saturated rings. The van der Waals surface area contributed by atoms with Gasteiger partial charge in [0.1, 0.15) is 0 Å². The molecule has 0 heterocycles. The van der Waals surface area contributed by atoms with E-state index >= 15 is 0 Å². The quantitative estimate of drug-likeness (QED) is 0.832. The number of para-hydroxylation sites is 1. The summed E-state index contributed by atoms with van der Waals surface area (Å²) in [5, 5.41) is 2.21. The molecule has 1 N–H and O–H groups in total. The predicted molar refractivity (Wildman–Crippen MR) is 58.5 cm³/mol. The highest BCUT2D eigenvalue weighted by Crippen LogP contribution is 2.34. The number of nitrogens with one attached hydrogen (secondary N) is 1. The Balaban J connectivity index is 3.01. The van der Waals surface area contributed by atoms with Crippen molar-refractivity contribution in [3.63, 3.8) is 0 Å². The summed E-state index contributed by atoms with van der Waals surface area (Å²) in [4.78, 5) is 10.7. The minimum atomic E-state index is -4.47. The normalized spacial score (nSPS) is 13.3. The van der Waals surface area contributed by atoms with Crippen molar-refractivity contribution in [3.8, 4) is 0 Å². The van der Waals surface area contributed by atoms with Gasteiger partial charge in [-0.1, -0.05) is 28.1 Å². The highest BCUT2D eigenvalue weighted by atomic mass is 79.9. The molecular weight excluding hydrogens is 287 g/mol. The average Bonchev–Trinajstić information content (AvgIpc) is 2.16. The van der Waals surface area contributed by atoms with E-state index in [2.05, 4.69) is 21.2 Å². The van der Waals surface area contributed by atoms with Crippen molar-refractivity contribution in [3.05, 3.63) is 29.8 Å². The third kappa shape index (κ3) is 3.23. The molecule has 1 rings (SSSR count). The topological polar surface area (TPSA) is 29.1 Å². The van der Waals surface area contributed by atoms with Crippen LogP contribution in [0.25, 0.3) is 0 Å². The molecule has 0 saturated carbocycles. The molecule has 0 aromatic heterocycles. The van der Waals surface area contributed by atoms with Crippen LogP contribution in [0.2, 0.25) is 0 Å². The van der Waals surface area contributed by atoms with Crippen LogP contribution in [0.5, 0.6) is 0 Å². The van der Waals surface area contributed by atoms with Gasteiger partial charge in [0.25, 0.3) is 0 Å². The van der Waals surface area contributed by atoms with Crippen LogP contribution in [0, 0.1) is 0 Å². The van der Waals surface area contributed by atoms with E-state index in [0.29, 0.717) is 0 Å². The number of hydrogen-bond donors (Lipinski definition) is 1. The van der Waals surface area contributed by atoms with E-state index in [4.69, 9.17) is 0 Å². The van der Waals surface area contributed by atoms with E-state index in [1.54, 1.807) is 0 Å². The lowest BCUT2D eigenvalue weighted by atomic mass is 10.1. The molecule has 0 radical (unpaired) electrons. The zero-order chi connectivity index (χ0) is 12.3. The number of alkyl halides is 4. The molecule has 0 unspecified atom stereocenters. The number of anilines is 1. The van der Waals surface area contributed by atoms with Crippen LogP contribution in [0.1, 0.15) is 12.5 Å². The number of amides is 1. The van der Waals surface area contributed by atoms with E-state index in [1.807, 2.05) is 0 Å². The number of benzene rings is 1. The van der Waals surface area contributed by atoms with Crippen molar-refractivity contribution in [2.75, 3.05) is 5.32 Å². The summed E-state index contributed by atoms with van der Waals surface area (Å²) < 4.78 is 37.6. The number of hydrogen-bond acceptors (Lipinski definition) is 1. The number of carbonyl (C=O) groups is 1. The predicted octanol–water partition coefficient (Wildman–Crippen LogP) is 3.43. The summed E-state index contributed by atoms with van der Waals surface area (Å²) in [6.07, 6.45) is -4.47. The molecule has 2 nitrogen and oxygen atoms in total. The molecule has 0 aliphatic carbocycles. The first kappa shape index (κ1) is 13.0. The largest absolute Gasteiger partial charge is 0.418 e. The van der Waals surface area contributed by atoms with Crippen LogP contribution >= 0.6 is 15.9 Å². The lowest BCUT2D eigenvalue weighted by Crippen LogP contribution is -2.22. The van der Waals surface area contributed by atoms with Gasteiger partial charge in [0.05, 0.1) is 16.1 Å². The first-order valence-electron chi connectivity index (χ1n) is 4.43. The lowest BCUT2D eigenvalue weighted by molar-refractivity contribution is -0.137. The summed E-state index contributed by atoms with van der Waals surface area (Å²) >= 11 is 2.98. The lowest BCUT2D eigenvalue weighted by Gasteiger charge is -2.14. The Morgan fingerprint density at radius 3 is 2.44 bits per heavy atom. The van der Waals surface area contributed by atoms with Gasteiger partial charge in [-0.15, -0.1) is 0 Å². The van der Waals surface area contributed by atoms with E-state index in [0.717, 1.165) is 6.07 Å². The fraction of sp³-hybridized carbons (Fsp3) is 0.300. The van der Waals surface area contributed by atoms with Crippen molar-refractivity contribution in [2.24, 2.45) is 0 Å². The van der Waals surface area contributed by atoms with Crippen LogP contribution in [0.3, 0.4) is 0 Å².